The number of rotatable bonds is 7. The number of carbonyl (C=O) groups excluding carboxylic acids is 1. The maximum atomic E-state index is 11.6. The van der Waals surface area contributed by atoms with Crippen LogP contribution in [0.4, 0.5) is 0 Å². The topological polar surface area (TPSA) is 58.1 Å². The second-order valence-electron chi connectivity index (χ2n) is 3.39. The van der Waals surface area contributed by atoms with Crippen molar-refractivity contribution < 1.29 is 4.79 Å². The Kier molecular flexibility index (Phi) is 5.95. The van der Waals surface area contributed by atoms with Crippen molar-refractivity contribution in [1.29, 1.82) is 0 Å². The van der Waals surface area contributed by atoms with Gasteiger partial charge in [0.2, 0.25) is 5.91 Å². The van der Waals surface area contributed by atoms with E-state index in [0.717, 1.165) is 18.8 Å². The fraction of sp³-hybridized carbons (Fsp3) is 0.700. The summed E-state index contributed by atoms with van der Waals surface area (Å²) >= 11 is 1.34. The Morgan fingerprint density at radius 3 is 2.81 bits per heavy atom. The van der Waals surface area contributed by atoms with E-state index in [4.69, 9.17) is 0 Å². The molecule has 6 heteroatoms. The highest BCUT2D eigenvalue weighted by molar-refractivity contribution is 7.03. The van der Waals surface area contributed by atoms with E-state index in [-0.39, 0.29) is 5.91 Å². The number of carbonyl (C=O) groups is 1. The van der Waals surface area contributed by atoms with Crippen molar-refractivity contribution in [2.45, 2.75) is 26.8 Å². The molecule has 1 aromatic rings. The fourth-order valence-electron chi connectivity index (χ4n) is 1.41. The normalized spacial score (nSPS) is 10.4. The predicted molar refractivity (Wildman–Crippen MR) is 64.2 cm³/mol. The van der Waals surface area contributed by atoms with Crippen LogP contribution >= 0.6 is 11.5 Å². The molecule has 0 aliphatic rings. The van der Waals surface area contributed by atoms with Crippen LogP contribution < -0.4 is 5.32 Å². The average molecular weight is 242 g/mol. The first-order valence-corrected chi connectivity index (χ1v) is 6.36. The van der Waals surface area contributed by atoms with Crippen molar-refractivity contribution in [2.75, 3.05) is 19.6 Å². The quantitative estimate of drug-likeness (QED) is 0.721. The maximum absolute atomic E-state index is 11.6. The summed E-state index contributed by atoms with van der Waals surface area (Å²) in [6, 6.07) is 0. The molecule has 1 amide bonds. The maximum Gasteiger partial charge on any atom is 0.223 e. The van der Waals surface area contributed by atoms with Gasteiger partial charge in [0.1, 0.15) is 0 Å². The first kappa shape index (κ1) is 13.1. The van der Waals surface area contributed by atoms with Gasteiger partial charge in [-0.2, -0.15) is 0 Å². The minimum absolute atomic E-state index is 0.203. The lowest BCUT2D eigenvalue weighted by molar-refractivity contribution is -0.130. The van der Waals surface area contributed by atoms with Crippen molar-refractivity contribution in [1.82, 2.24) is 19.8 Å². The summed E-state index contributed by atoms with van der Waals surface area (Å²) in [7, 11) is 0. The van der Waals surface area contributed by atoms with Gasteiger partial charge in [-0.15, -0.1) is 5.10 Å². The first-order chi connectivity index (χ1) is 7.77. The second-order valence-corrected chi connectivity index (χ2v) is 4.00. The molecule has 1 N–H and O–H groups in total. The number of hydrogen-bond acceptors (Lipinski definition) is 5. The molecule has 0 unspecified atom stereocenters. The molecule has 16 heavy (non-hydrogen) atoms. The Labute approximate surface area is 100 Å². The molecular weight excluding hydrogens is 224 g/mol. The van der Waals surface area contributed by atoms with Crippen LogP contribution in [0.3, 0.4) is 0 Å². The molecule has 0 saturated heterocycles. The van der Waals surface area contributed by atoms with Crippen LogP contribution in [0.1, 0.15) is 26.0 Å². The van der Waals surface area contributed by atoms with E-state index in [9.17, 15) is 4.79 Å². The zero-order valence-corrected chi connectivity index (χ0v) is 10.6. The van der Waals surface area contributed by atoms with Crippen molar-refractivity contribution in [3.05, 3.63) is 11.1 Å². The van der Waals surface area contributed by atoms with Gasteiger partial charge in [-0.05, 0) is 25.4 Å². The number of amides is 1. The minimum Gasteiger partial charge on any atom is -0.343 e. The molecule has 1 heterocycles. The molecule has 0 aliphatic carbocycles. The smallest absolute Gasteiger partial charge is 0.223 e. The van der Waals surface area contributed by atoms with Gasteiger partial charge in [-0.3, -0.25) is 4.79 Å². The van der Waals surface area contributed by atoms with E-state index in [2.05, 4.69) is 14.9 Å². The van der Waals surface area contributed by atoms with Crippen molar-refractivity contribution in [2.24, 2.45) is 0 Å². The molecule has 0 saturated carbocycles. The third-order valence-electron chi connectivity index (χ3n) is 2.34. The monoisotopic (exact) mass is 242 g/mol. The molecule has 0 radical (unpaired) electrons. The number of hydrogen-bond donors (Lipinski definition) is 1. The van der Waals surface area contributed by atoms with E-state index in [0.29, 0.717) is 19.5 Å². The van der Waals surface area contributed by atoms with Gasteiger partial charge in [0.25, 0.3) is 0 Å². The fourth-order valence-corrected chi connectivity index (χ4v) is 1.86. The van der Waals surface area contributed by atoms with Gasteiger partial charge in [0.05, 0.1) is 5.69 Å². The number of nitrogens with zero attached hydrogens (tertiary/aromatic N) is 3. The summed E-state index contributed by atoms with van der Waals surface area (Å²) in [5, 5.41) is 8.99. The molecule has 0 bridgehead atoms. The van der Waals surface area contributed by atoms with E-state index in [1.165, 1.54) is 11.5 Å². The summed E-state index contributed by atoms with van der Waals surface area (Å²) in [4.78, 5) is 13.5. The SMILES string of the molecule is CCN(CC)C(=O)CCNCc1csnn1. The number of aromatic nitrogens is 2. The third-order valence-corrected chi connectivity index (χ3v) is 2.90. The van der Waals surface area contributed by atoms with Gasteiger partial charge in [-0.1, -0.05) is 4.49 Å². The minimum atomic E-state index is 0.203. The largest absolute Gasteiger partial charge is 0.343 e. The molecule has 0 atom stereocenters. The van der Waals surface area contributed by atoms with E-state index < -0.39 is 0 Å². The molecule has 0 spiro atoms. The van der Waals surface area contributed by atoms with Crippen LogP contribution in [0.2, 0.25) is 0 Å². The standard InChI is InChI=1S/C10H18N4OS/c1-3-14(4-2)10(15)5-6-11-7-9-8-16-13-12-9/h8,11H,3-7H2,1-2H3. The zero-order chi connectivity index (χ0) is 11.8. The van der Waals surface area contributed by atoms with Crippen LogP contribution in [-0.4, -0.2) is 40.0 Å². The average Bonchev–Trinajstić information content (AvgIpc) is 2.79. The molecule has 0 aliphatic heterocycles. The summed E-state index contributed by atoms with van der Waals surface area (Å²) in [5.41, 5.74) is 0.931. The van der Waals surface area contributed by atoms with E-state index >= 15 is 0 Å². The summed E-state index contributed by atoms with van der Waals surface area (Å²) in [6.07, 6.45) is 0.541. The lowest BCUT2D eigenvalue weighted by Crippen LogP contribution is -2.32. The molecule has 5 nitrogen and oxygen atoms in total. The van der Waals surface area contributed by atoms with Gasteiger partial charge >= 0.3 is 0 Å². The van der Waals surface area contributed by atoms with Crippen LogP contribution in [0, 0.1) is 0 Å². The van der Waals surface area contributed by atoms with Crippen molar-refractivity contribution in [3.8, 4) is 0 Å². The van der Waals surface area contributed by atoms with Gasteiger partial charge in [0, 0.05) is 38.0 Å². The zero-order valence-electron chi connectivity index (χ0n) is 9.77. The molecule has 0 aromatic carbocycles. The lowest BCUT2D eigenvalue weighted by Gasteiger charge is -2.18. The Morgan fingerprint density at radius 1 is 1.50 bits per heavy atom. The van der Waals surface area contributed by atoms with E-state index in [1.54, 1.807) is 0 Å². The predicted octanol–water partition coefficient (Wildman–Crippen LogP) is 0.886. The highest BCUT2D eigenvalue weighted by Crippen LogP contribution is 1.96. The molecular formula is C10H18N4OS. The lowest BCUT2D eigenvalue weighted by atomic mass is 10.3. The van der Waals surface area contributed by atoms with Crippen LogP contribution in [0.25, 0.3) is 0 Å². The highest BCUT2D eigenvalue weighted by Gasteiger charge is 2.08. The van der Waals surface area contributed by atoms with Gasteiger partial charge in [0.15, 0.2) is 0 Å². The molecule has 90 valence electrons. The Bertz CT molecular complexity index is 298. The van der Waals surface area contributed by atoms with Crippen molar-refractivity contribution in [3.63, 3.8) is 0 Å². The third kappa shape index (κ3) is 4.24. The van der Waals surface area contributed by atoms with Crippen LogP contribution in [-0.2, 0) is 11.3 Å². The summed E-state index contributed by atoms with van der Waals surface area (Å²) in [5.74, 6) is 0.203. The number of nitrogens with one attached hydrogen (secondary N) is 1. The van der Waals surface area contributed by atoms with Gasteiger partial charge < -0.3 is 10.2 Å². The summed E-state index contributed by atoms with van der Waals surface area (Å²) < 4.78 is 3.77. The van der Waals surface area contributed by atoms with Gasteiger partial charge in [-0.25, -0.2) is 0 Å². The molecule has 0 fully saturated rings. The Balaban J connectivity index is 2.13. The summed E-state index contributed by atoms with van der Waals surface area (Å²) in [6.45, 7) is 6.93. The molecule has 1 rings (SSSR count). The second kappa shape index (κ2) is 7.29. The van der Waals surface area contributed by atoms with Crippen LogP contribution in [0.15, 0.2) is 5.38 Å². The van der Waals surface area contributed by atoms with Crippen LogP contribution in [0.5, 0.6) is 0 Å². The molecule has 1 aromatic heterocycles. The Hall–Kier alpha value is -1.01. The first-order valence-electron chi connectivity index (χ1n) is 5.52. The Morgan fingerprint density at radius 2 is 2.25 bits per heavy atom. The highest BCUT2D eigenvalue weighted by atomic mass is 32.1. The van der Waals surface area contributed by atoms with Crippen molar-refractivity contribution >= 4 is 17.4 Å². The van der Waals surface area contributed by atoms with E-state index in [1.807, 2.05) is 24.1 Å².